The molecule has 0 aliphatic heterocycles. The van der Waals surface area contributed by atoms with Gasteiger partial charge in [0.25, 0.3) is 5.56 Å². The fourth-order valence-electron chi connectivity index (χ4n) is 3.60. The van der Waals surface area contributed by atoms with Crippen LogP contribution in [0.15, 0.2) is 51.7 Å². The van der Waals surface area contributed by atoms with Gasteiger partial charge in [0.2, 0.25) is 0 Å². The van der Waals surface area contributed by atoms with E-state index < -0.39 is 16.1 Å². The second-order valence-electron chi connectivity index (χ2n) is 8.92. The zero-order valence-corrected chi connectivity index (χ0v) is 19.5. The molecule has 2 heterocycles. The normalized spacial score (nSPS) is 14.3. The van der Waals surface area contributed by atoms with E-state index in [1.807, 2.05) is 77.1 Å². The molecule has 0 saturated heterocycles. The van der Waals surface area contributed by atoms with E-state index in [2.05, 4.69) is 4.72 Å². The molecule has 4 rings (SSSR count). The lowest BCUT2D eigenvalue weighted by Gasteiger charge is -2.27. The summed E-state index contributed by atoms with van der Waals surface area (Å²) in [6.07, 6.45) is 0. The van der Waals surface area contributed by atoms with E-state index in [9.17, 15) is 9.35 Å². The highest BCUT2D eigenvalue weighted by Gasteiger charge is 2.29. The van der Waals surface area contributed by atoms with Gasteiger partial charge in [0.05, 0.1) is 16.9 Å². The number of nitrogens with zero attached hydrogens (tertiary/aromatic N) is 2. The Kier molecular flexibility index (Phi) is 5.45. The van der Waals surface area contributed by atoms with Gasteiger partial charge in [0.15, 0.2) is 11.6 Å². The lowest BCUT2D eigenvalue weighted by Crippen LogP contribution is -2.40. The van der Waals surface area contributed by atoms with Crippen LogP contribution in [0.5, 0.6) is 0 Å². The molecular formula is C24H27N3O3S. The van der Waals surface area contributed by atoms with Crippen LogP contribution in [0.4, 0.5) is 0 Å². The second kappa shape index (κ2) is 7.82. The van der Waals surface area contributed by atoms with Gasteiger partial charge in [-0.25, -0.2) is 4.98 Å². The highest BCUT2D eigenvalue weighted by molar-refractivity contribution is 7.90. The summed E-state index contributed by atoms with van der Waals surface area (Å²) in [4.78, 5) is 18.1. The summed E-state index contributed by atoms with van der Waals surface area (Å²) < 4.78 is 22.9. The first-order valence-electron chi connectivity index (χ1n) is 10.2. The highest BCUT2D eigenvalue weighted by Crippen LogP contribution is 2.30. The van der Waals surface area contributed by atoms with E-state index in [4.69, 9.17) is 9.40 Å². The van der Waals surface area contributed by atoms with Crippen molar-refractivity contribution in [2.75, 3.05) is 0 Å². The molecule has 7 heteroatoms. The van der Waals surface area contributed by atoms with E-state index >= 15 is 0 Å². The molecule has 2 atom stereocenters. The standard InChI is InChI=1S/C24H27N3O3S/c1-14-11-17(15(2)26-31(29)24(3,4)5)21-18(12-14)23(28)27(6)22(25-21)20-13-16-9-7-8-10-19(16)30-20/h7-13,15,26H,1-6H3. The van der Waals surface area contributed by atoms with Gasteiger partial charge in [-0.15, -0.1) is 4.72 Å². The number of rotatable bonds is 4. The third kappa shape index (κ3) is 4.01. The van der Waals surface area contributed by atoms with Crippen molar-refractivity contribution in [2.45, 2.75) is 45.4 Å². The van der Waals surface area contributed by atoms with Gasteiger partial charge in [-0.3, -0.25) is 9.36 Å². The molecule has 4 aromatic rings. The van der Waals surface area contributed by atoms with Crippen molar-refractivity contribution in [1.29, 1.82) is 0 Å². The Morgan fingerprint density at radius 2 is 1.90 bits per heavy atom. The lowest BCUT2D eigenvalue weighted by molar-refractivity contribution is 0.531. The first kappa shape index (κ1) is 21.6. The van der Waals surface area contributed by atoms with Crippen molar-refractivity contribution in [3.63, 3.8) is 0 Å². The van der Waals surface area contributed by atoms with Crippen LogP contribution < -0.4 is 10.3 Å². The van der Waals surface area contributed by atoms with Gasteiger partial charge in [-0.05, 0) is 58.4 Å². The Morgan fingerprint density at radius 1 is 1.19 bits per heavy atom. The molecule has 0 fully saturated rings. The number of nitrogens with one attached hydrogen (secondary N) is 1. The first-order chi connectivity index (χ1) is 14.6. The first-order valence-corrected chi connectivity index (χ1v) is 11.4. The van der Waals surface area contributed by atoms with E-state index in [0.717, 1.165) is 22.1 Å². The molecule has 2 unspecified atom stereocenters. The number of furan rings is 1. The molecule has 0 saturated carbocycles. The van der Waals surface area contributed by atoms with Gasteiger partial charge in [-0.1, -0.05) is 24.3 Å². The number of aryl methyl sites for hydroxylation is 1. The van der Waals surface area contributed by atoms with Gasteiger partial charge in [0, 0.05) is 29.4 Å². The average molecular weight is 438 g/mol. The smallest absolute Gasteiger partial charge is 0.261 e. The molecule has 0 aliphatic rings. The van der Waals surface area contributed by atoms with Crippen molar-refractivity contribution < 1.29 is 8.97 Å². The predicted molar refractivity (Wildman–Crippen MR) is 126 cm³/mol. The maximum Gasteiger partial charge on any atom is 0.261 e. The fraction of sp³-hybridized carbons (Fsp3) is 0.333. The molecule has 162 valence electrons. The summed E-state index contributed by atoms with van der Waals surface area (Å²) in [7, 11) is 1.70. The largest absolute Gasteiger partial charge is 0.598 e. The van der Waals surface area contributed by atoms with Crippen LogP contribution in [0.25, 0.3) is 33.5 Å². The number of aromatic nitrogens is 2. The minimum Gasteiger partial charge on any atom is -0.598 e. The van der Waals surface area contributed by atoms with Crippen molar-refractivity contribution in [3.05, 3.63) is 63.9 Å². The summed E-state index contributed by atoms with van der Waals surface area (Å²) in [6.45, 7) is 9.65. The zero-order valence-electron chi connectivity index (χ0n) is 18.6. The molecule has 0 amide bonds. The second-order valence-corrected chi connectivity index (χ2v) is 10.9. The minimum atomic E-state index is -1.26. The van der Waals surface area contributed by atoms with Crippen LogP contribution >= 0.6 is 0 Å². The van der Waals surface area contributed by atoms with Gasteiger partial charge in [0.1, 0.15) is 10.3 Å². The summed E-state index contributed by atoms with van der Waals surface area (Å²) in [5, 5.41) is 1.49. The topological polar surface area (TPSA) is 83.1 Å². The maximum atomic E-state index is 13.2. The molecule has 0 radical (unpaired) electrons. The Labute approximate surface area is 184 Å². The van der Waals surface area contributed by atoms with Crippen molar-refractivity contribution >= 4 is 33.2 Å². The lowest BCUT2D eigenvalue weighted by atomic mass is 10.0. The Hall–Kier alpha value is -2.61. The monoisotopic (exact) mass is 437 g/mol. The third-order valence-electron chi connectivity index (χ3n) is 5.31. The molecule has 2 aromatic heterocycles. The van der Waals surface area contributed by atoms with Crippen molar-refractivity contribution in [1.82, 2.24) is 14.3 Å². The average Bonchev–Trinajstić information content (AvgIpc) is 3.13. The summed E-state index contributed by atoms with van der Waals surface area (Å²) >= 11 is -1.26. The molecular weight excluding hydrogens is 410 g/mol. The Morgan fingerprint density at radius 3 is 2.58 bits per heavy atom. The molecule has 2 aromatic carbocycles. The van der Waals surface area contributed by atoms with Crippen LogP contribution in [0, 0.1) is 6.92 Å². The zero-order chi connectivity index (χ0) is 22.5. The van der Waals surface area contributed by atoms with Crippen LogP contribution in [-0.2, 0) is 18.4 Å². The Bertz CT molecular complexity index is 1300. The number of fused-ring (bicyclic) bond motifs is 2. The quantitative estimate of drug-likeness (QED) is 0.465. The fourth-order valence-corrected chi connectivity index (χ4v) is 4.40. The molecule has 0 aliphatic carbocycles. The number of hydrogen-bond acceptors (Lipinski definition) is 5. The summed E-state index contributed by atoms with van der Waals surface area (Å²) in [5.41, 5.74) is 2.98. The summed E-state index contributed by atoms with van der Waals surface area (Å²) in [5.74, 6) is 0.996. The predicted octanol–water partition coefficient (Wildman–Crippen LogP) is 4.77. The summed E-state index contributed by atoms with van der Waals surface area (Å²) in [6, 6.07) is 13.2. The van der Waals surface area contributed by atoms with Crippen molar-refractivity contribution in [2.24, 2.45) is 7.05 Å². The molecule has 6 nitrogen and oxygen atoms in total. The third-order valence-corrected chi connectivity index (χ3v) is 6.99. The Balaban J connectivity index is 1.91. The molecule has 1 N–H and O–H groups in total. The van der Waals surface area contributed by atoms with Crippen molar-refractivity contribution in [3.8, 4) is 11.6 Å². The van der Waals surface area contributed by atoms with E-state index in [0.29, 0.717) is 22.5 Å². The van der Waals surface area contributed by atoms with Gasteiger partial charge >= 0.3 is 0 Å². The maximum absolute atomic E-state index is 13.2. The van der Waals surface area contributed by atoms with E-state index in [-0.39, 0.29) is 11.6 Å². The highest BCUT2D eigenvalue weighted by atomic mass is 32.2. The minimum absolute atomic E-state index is 0.144. The van der Waals surface area contributed by atoms with E-state index in [1.165, 1.54) is 4.57 Å². The number of hydrogen-bond donors (Lipinski definition) is 1. The molecule has 0 bridgehead atoms. The van der Waals surface area contributed by atoms with Crippen LogP contribution in [0.3, 0.4) is 0 Å². The van der Waals surface area contributed by atoms with Gasteiger partial charge in [-0.2, -0.15) is 0 Å². The van der Waals surface area contributed by atoms with Gasteiger partial charge < -0.3 is 8.97 Å². The van der Waals surface area contributed by atoms with Crippen LogP contribution in [-0.4, -0.2) is 18.9 Å². The van der Waals surface area contributed by atoms with Crippen LogP contribution in [0.1, 0.15) is 44.9 Å². The van der Waals surface area contributed by atoms with E-state index in [1.54, 1.807) is 7.05 Å². The molecule has 31 heavy (non-hydrogen) atoms. The number of para-hydroxylation sites is 1. The number of benzene rings is 2. The van der Waals surface area contributed by atoms with Crippen LogP contribution in [0.2, 0.25) is 0 Å². The SMILES string of the molecule is Cc1cc(C(C)N[S+]([O-])C(C)(C)C)c2nc(-c3cc4ccccc4o3)n(C)c(=O)c2c1. The molecule has 0 spiro atoms.